The van der Waals surface area contributed by atoms with Gasteiger partial charge >= 0.3 is 0 Å². The number of aromatic amines is 1. The van der Waals surface area contributed by atoms with Gasteiger partial charge in [0, 0.05) is 17.6 Å². The molecule has 0 fully saturated rings. The van der Waals surface area contributed by atoms with Crippen molar-refractivity contribution in [3.63, 3.8) is 0 Å². The summed E-state index contributed by atoms with van der Waals surface area (Å²) in [4.78, 5) is 14.8. The Morgan fingerprint density at radius 3 is 3.06 bits per heavy atom. The molecule has 2 N–H and O–H groups in total. The number of aromatic nitrogens is 1. The van der Waals surface area contributed by atoms with Crippen molar-refractivity contribution in [2.75, 3.05) is 6.54 Å². The summed E-state index contributed by atoms with van der Waals surface area (Å²) in [6.07, 6.45) is 1.60. The molecule has 0 unspecified atom stereocenters. The van der Waals surface area contributed by atoms with Crippen LogP contribution in [0.4, 0.5) is 4.39 Å². The van der Waals surface area contributed by atoms with E-state index in [1.54, 1.807) is 25.1 Å². The molecule has 0 aliphatic carbocycles. The van der Waals surface area contributed by atoms with Crippen LogP contribution in [-0.2, 0) is 0 Å². The lowest BCUT2D eigenvalue weighted by molar-refractivity contribution is 0.0959. The van der Waals surface area contributed by atoms with Crippen LogP contribution < -0.4 is 5.32 Å². The fourth-order valence-corrected chi connectivity index (χ4v) is 1.86. The molecule has 88 valence electrons. The van der Waals surface area contributed by atoms with E-state index in [1.807, 2.05) is 0 Å². The van der Waals surface area contributed by atoms with Crippen LogP contribution in [0.1, 0.15) is 16.1 Å². The highest BCUT2D eigenvalue weighted by Gasteiger charge is 2.16. The fourth-order valence-electron chi connectivity index (χ4n) is 1.86. The number of fused-ring (bicyclic) bond motifs is 1. The van der Waals surface area contributed by atoms with Crippen molar-refractivity contribution in [2.24, 2.45) is 0 Å². The SMILES string of the molecule is C=CCNC(=O)c1c(C)[nH]c2c(F)cccc12. The van der Waals surface area contributed by atoms with Crippen molar-refractivity contribution < 1.29 is 9.18 Å². The summed E-state index contributed by atoms with van der Waals surface area (Å²) < 4.78 is 13.5. The minimum atomic E-state index is -0.353. The van der Waals surface area contributed by atoms with Gasteiger partial charge in [0.05, 0.1) is 11.1 Å². The first-order valence-corrected chi connectivity index (χ1v) is 5.31. The van der Waals surface area contributed by atoms with Crippen LogP contribution in [0.25, 0.3) is 10.9 Å². The molecule has 1 aromatic carbocycles. The van der Waals surface area contributed by atoms with Crippen molar-refractivity contribution in [3.05, 3.63) is 47.9 Å². The summed E-state index contributed by atoms with van der Waals surface area (Å²) in [7, 11) is 0. The number of rotatable bonds is 3. The van der Waals surface area contributed by atoms with Gasteiger partial charge in [0.1, 0.15) is 5.82 Å². The minimum Gasteiger partial charge on any atom is -0.356 e. The first-order valence-electron chi connectivity index (χ1n) is 5.31. The maximum Gasteiger partial charge on any atom is 0.253 e. The monoisotopic (exact) mass is 232 g/mol. The number of para-hydroxylation sites is 1. The third-order valence-corrected chi connectivity index (χ3v) is 2.60. The zero-order valence-electron chi connectivity index (χ0n) is 9.51. The standard InChI is InChI=1S/C13H13FN2O/c1-3-7-15-13(17)11-8(2)16-12-9(11)5-4-6-10(12)14/h3-6,16H,1,7H2,2H3,(H,15,17). The van der Waals surface area contributed by atoms with E-state index >= 15 is 0 Å². The molecule has 4 heteroatoms. The fraction of sp³-hybridized carbons (Fsp3) is 0.154. The molecular weight excluding hydrogens is 219 g/mol. The maximum absolute atomic E-state index is 13.5. The van der Waals surface area contributed by atoms with E-state index in [4.69, 9.17) is 0 Å². The van der Waals surface area contributed by atoms with Gasteiger partial charge in [-0.2, -0.15) is 0 Å². The summed E-state index contributed by atoms with van der Waals surface area (Å²) in [5.41, 5.74) is 1.52. The molecule has 3 nitrogen and oxygen atoms in total. The van der Waals surface area contributed by atoms with Crippen molar-refractivity contribution >= 4 is 16.8 Å². The van der Waals surface area contributed by atoms with E-state index < -0.39 is 0 Å². The number of aryl methyl sites for hydroxylation is 1. The third-order valence-electron chi connectivity index (χ3n) is 2.60. The number of hydrogen-bond donors (Lipinski definition) is 2. The van der Waals surface area contributed by atoms with E-state index in [9.17, 15) is 9.18 Å². The highest BCUT2D eigenvalue weighted by Crippen LogP contribution is 2.23. The highest BCUT2D eigenvalue weighted by atomic mass is 19.1. The highest BCUT2D eigenvalue weighted by molar-refractivity contribution is 6.08. The minimum absolute atomic E-state index is 0.223. The lowest BCUT2D eigenvalue weighted by Gasteiger charge is -2.02. The van der Waals surface area contributed by atoms with Gasteiger partial charge in [0.15, 0.2) is 0 Å². The number of halogens is 1. The second-order valence-electron chi connectivity index (χ2n) is 3.79. The molecule has 0 saturated carbocycles. The smallest absolute Gasteiger partial charge is 0.253 e. The van der Waals surface area contributed by atoms with Gasteiger partial charge in [-0.3, -0.25) is 4.79 Å². The summed E-state index contributed by atoms with van der Waals surface area (Å²) in [5, 5.41) is 3.29. The number of nitrogens with one attached hydrogen (secondary N) is 2. The first kappa shape index (κ1) is 11.4. The molecule has 0 radical (unpaired) electrons. The Bertz CT molecular complexity index is 586. The molecule has 0 aliphatic heterocycles. The van der Waals surface area contributed by atoms with E-state index in [-0.39, 0.29) is 11.7 Å². The van der Waals surface area contributed by atoms with Gasteiger partial charge in [0.25, 0.3) is 5.91 Å². The van der Waals surface area contributed by atoms with Gasteiger partial charge in [-0.1, -0.05) is 18.2 Å². The van der Waals surface area contributed by atoms with Crippen molar-refractivity contribution in [1.82, 2.24) is 10.3 Å². The van der Waals surface area contributed by atoms with Crippen molar-refractivity contribution in [1.29, 1.82) is 0 Å². The molecule has 2 aromatic rings. The average molecular weight is 232 g/mol. The zero-order chi connectivity index (χ0) is 12.4. The first-order chi connectivity index (χ1) is 8.15. The van der Waals surface area contributed by atoms with Crippen LogP contribution >= 0.6 is 0 Å². The van der Waals surface area contributed by atoms with Gasteiger partial charge in [-0.15, -0.1) is 6.58 Å². The predicted molar refractivity (Wildman–Crippen MR) is 65.5 cm³/mol. The van der Waals surface area contributed by atoms with Gasteiger partial charge in [-0.05, 0) is 13.0 Å². The Kier molecular flexibility index (Phi) is 2.95. The quantitative estimate of drug-likeness (QED) is 0.785. The number of amides is 1. The van der Waals surface area contributed by atoms with Crippen molar-refractivity contribution in [2.45, 2.75) is 6.92 Å². The largest absolute Gasteiger partial charge is 0.356 e. The summed E-state index contributed by atoms with van der Waals surface area (Å²) in [6.45, 7) is 5.67. The van der Waals surface area contributed by atoms with Crippen LogP contribution in [0.2, 0.25) is 0 Å². The van der Waals surface area contributed by atoms with E-state index in [2.05, 4.69) is 16.9 Å². The molecule has 0 aliphatic rings. The zero-order valence-corrected chi connectivity index (χ0v) is 9.51. The maximum atomic E-state index is 13.5. The van der Waals surface area contributed by atoms with Gasteiger partial charge in [-0.25, -0.2) is 4.39 Å². The summed E-state index contributed by atoms with van der Waals surface area (Å²) in [5.74, 6) is -0.576. The second-order valence-corrected chi connectivity index (χ2v) is 3.79. The van der Waals surface area contributed by atoms with Crippen LogP contribution in [0.15, 0.2) is 30.9 Å². The Morgan fingerprint density at radius 1 is 1.59 bits per heavy atom. The summed E-state index contributed by atoms with van der Waals surface area (Å²) in [6, 6.07) is 4.68. The number of carbonyl (C=O) groups is 1. The molecule has 0 bridgehead atoms. The lowest BCUT2D eigenvalue weighted by Crippen LogP contribution is -2.23. The van der Waals surface area contributed by atoms with Gasteiger partial charge < -0.3 is 10.3 Å². The molecule has 2 rings (SSSR count). The van der Waals surface area contributed by atoms with Crippen LogP contribution in [0.5, 0.6) is 0 Å². The van der Waals surface area contributed by atoms with Crippen LogP contribution in [0.3, 0.4) is 0 Å². The number of benzene rings is 1. The molecule has 1 heterocycles. The Morgan fingerprint density at radius 2 is 2.35 bits per heavy atom. The molecule has 17 heavy (non-hydrogen) atoms. The topological polar surface area (TPSA) is 44.9 Å². The average Bonchev–Trinajstić information content (AvgIpc) is 2.64. The molecule has 0 saturated heterocycles. The number of hydrogen-bond acceptors (Lipinski definition) is 1. The molecule has 1 amide bonds. The number of carbonyl (C=O) groups excluding carboxylic acids is 1. The second kappa shape index (κ2) is 4.41. The Balaban J connectivity index is 2.53. The van der Waals surface area contributed by atoms with Crippen molar-refractivity contribution in [3.8, 4) is 0 Å². The Labute approximate surface area is 98.3 Å². The molecule has 0 spiro atoms. The predicted octanol–water partition coefficient (Wildman–Crippen LogP) is 2.53. The normalized spacial score (nSPS) is 10.5. The van der Waals surface area contributed by atoms with E-state index in [1.165, 1.54) is 6.07 Å². The molecule has 0 atom stereocenters. The van der Waals surface area contributed by atoms with E-state index in [0.717, 1.165) is 0 Å². The van der Waals surface area contributed by atoms with Crippen LogP contribution in [-0.4, -0.2) is 17.4 Å². The Hall–Kier alpha value is -2.10. The summed E-state index contributed by atoms with van der Waals surface area (Å²) >= 11 is 0. The molecular formula is C13H13FN2O. The van der Waals surface area contributed by atoms with E-state index in [0.29, 0.717) is 28.7 Å². The lowest BCUT2D eigenvalue weighted by atomic mass is 10.1. The number of H-pyrrole nitrogens is 1. The van der Waals surface area contributed by atoms with Crippen LogP contribution in [0, 0.1) is 12.7 Å². The van der Waals surface area contributed by atoms with Gasteiger partial charge in [0.2, 0.25) is 0 Å². The third kappa shape index (κ3) is 1.93. The molecule has 1 aromatic heterocycles.